The highest BCUT2D eigenvalue weighted by atomic mass is 35.5. The smallest absolute Gasteiger partial charge is 0.317 e. The zero-order valence-electron chi connectivity index (χ0n) is 20.3. The number of halogens is 1. The summed E-state index contributed by atoms with van der Waals surface area (Å²) in [6.07, 6.45) is 2.55. The normalized spacial score (nSPS) is 19.2. The average molecular weight is 494 g/mol. The first-order valence-electron chi connectivity index (χ1n) is 11.5. The Morgan fingerprint density at radius 3 is 2.77 bits per heavy atom. The zero-order valence-corrected chi connectivity index (χ0v) is 21.0. The van der Waals surface area contributed by atoms with E-state index in [-0.39, 0.29) is 5.97 Å². The van der Waals surface area contributed by atoms with Gasteiger partial charge in [-0.05, 0) is 55.3 Å². The molecule has 0 saturated carbocycles. The van der Waals surface area contributed by atoms with E-state index in [0.29, 0.717) is 23.3 Å². The molecule has 35 heavy (non-hydrogen) atoms. The molecule has 9 heteroatoms. The summed E-state index contributed by atoms with van der Waals surface area (Å²) in [7, 11) is 5.18. The molecule has 0 saturated heterocycles. The van der Waals surface area contributed by atoms with Crippen molar-refractivity contribution in [3.63, 3.8) is 0 Å². The highest BCUT2D eigenvalue weighted by Gasteiger charge is 2.47. The van der Waals surface area contributed by atoms with Gasteiger partial charge in [0.15, 0.2) is 5.82 Å². The Hall–Kier alpha value is -3.36. The van der Waals surface area contributed by atoms with E-state index in [1.165, 1.54) is 18.2 Å². The average Bonchev–Trinajstić information content (AvgIpc) is 3.18. The lowest BCUT2D eigenvalue weighted by Crippen LogP contribution is -2.38. The number of para-hydroxylation sites is 1. The van der Waals surface area contributed by atoms with Crippen LogP contribution in [0.3, 0.4) is 0 Å². The Morgan fingerprint density at radius 1 is 1.20 bits per heavy atom. The Balaban J connectivity index is 1.51. The van der Waals surface area contributed by atoms with Crippen LogP contribution < -0.4 is 15.0 Å². The maximum atomic E-state index is 12.7. The van der Waals surface area contributed by atoms with Gasteiger partial charge in [-0.3, -0.25) is 4.79 Å². The number of carbonyl (C=O) groups excluding carboxylic acids is 1. The van der Waals surface area contributed by atoms with Gasteiger partial charge in [0.25, 0.3) is 0 Å². The molecule has 0 bridgehead atoms. The Morgan fingerprint density at radius 2 is 2.00 bits per heavy atom. The summed E-state index contributed by atoms with van der Waals surface area (Å²) in [5.41, 5.74) is 4.22. The van der Waals surface area contributed by atoms with Gasteiger partial charge >= 0.3 is 5.97 Å². The van der Waals surface area contributed by atoms with E-state index in [2.05, 4.69) is 34.4 Å². The van der Waals surface area contributed by atoms with Crippen LogP contribution in [0.5, 0.6) is 5.75 Å². The van der Waals surface area contributed by atoms with Crippen LogP contribution in [0.4, 0.5) is 23.1 Å². The van der Waals surface area contributed by atoms with Gasteiger partial charge in [0.05, 0.1) is 26.1 Å². The molecule has 0 aliphatic carbocycles. The van der Waals surface area contributed by atoms with Crippen LogP contribution >= 0.6 is 11.6 Å². The van der Waals surface area contributed by atoms with Gasteiger partial charge < -0.3 is 24.6 Å². The van der Waals surface area contributed by atoms with E-state index >= 15 is 0 Å². The maximum Gasteiger partial charge on any atom is 0.317 e. The largest absolute Gasteiger partial charge is 0.495 e. The quantitative estimate of drug-likeness (QED) is 0.522. The number of carbonyl (C=O) groups is 1. The lowest BCUT2D eigenvalue weighted by Gasteiger charge is -2.26. The molecule has 2 aliphatic heterocycles. The molecule has 0 spiro atoms. The van der Waals surface area contributed by atoms with E-state index < -0.39 is 5.41 Å². The molecule has 2 aliphatic rings. The predicted molar refractivity (Wildman–Crippen MR) is 136 cm³/mol. The molecule has 182 valence electrons. The van der Waals surface area contributed by atoms with Gasteiger partial charge in [-0.2, -0.15) is 4.98 Å². The minimum Gasteiger partial charge on any atom is -0.495 e. The van der Waals surface area contributed by atoms with Gasteiger partial charge in [0.1, 0.15) is 16.2 Å². The van der Waals surface area contributed by atoms with Crippen LogP contribution in [0.1, 0.15) is 23.6 Å². The van der Waals surface area contributed by atoms with Gasteiger partial charge in [0, 0.05) is 25.3 Å². The fourth-order valence-electron chi connectivity index (χ4n) is 4.97. The molecule has 8 nitrogen and oxygen atoms in total. The van der Waals surface area contributed by atoms with E-state index in [1.807, 2.05) is 36.1 Å². The van der Waals surface area contributed by atoms with Crippen molar-refractivity contribution in [3.8, 4) is 5.75 Å². The summed E-state index contributed by atoms with van der Waals surface area (Å²) >= 11 is 6.58. The van der Waals surface area contributed by atoms with Crippen LogP contribution in [0.2, 0.25) is 5.02 Å². The number of ether oxygens (including phenoxy) is 2. The zero-order chi connectivity index (χ0) is 24.7. The van der Waals surface area contributed by atoms with Crippen LogP contribution in [-0.2, 0) is 27.9 Å². The predicted octanol–water partition coefficient (Wildman–Crippen LogP) is 4.45. The second-order valence-corrected chi connectivity index (χ2v) is 9.63. The molecule has 2 aromatic carbocycles. The minimum atomic E-state index is -0.846. The second kappa shape index (κ2) is 9.02. The topological polar surface area (TPSA) is 79.8 Å². The maximum absolute atomic E-state index is 12.7. The van der Waals surface area contributed by atoms with Gasteiger partial charge in [-0.25, -0.2) is 4.98 Å². The Bertz CT molecular complexity index is 1300. The number of likely N-dealkylation sites (N-methyl/N-ethyl adjacent to an activating group) is 1. The van der Waals surface area contributed by atoms with E-state index in [0.717, 1.165) is 42.2 Å². The molecule has 1 aromatic heterocycles. The van der Waals surface area contributed by atoms with Crippen LogP contribution in [0.15, 0.2) is 42.6 Å². The van der Waals surface area contributed by atoms with Crippen molar-refractivity contribution in [2.45, 2.75) is 25.3 Å². The molecule has 3 heterocycles. The highest BCUT2D eigenvalue weighted by molar-refractivity contribution is 6.33. The summed E-state index contributed by atoms with van der Waals surface area (Å²) in [6, 6.07) is 11.9. The number of fused-ring (bicyclic) bond motifs is 2. The number of nitrogens with one attached hydrogen (secondary N) is 1. The highest BCUT2D eigenvalue weighted by Crippen LogP contribution is 2.46. The number of hydrogen-bond acceptors (Lipinski definition) is 8. The third kappa shape index (κ3) is 4.06. The summed E-state index contributed by atoms with van der Waals surface area (Å²) in [4.78, 5) is 26.1. The molecular weight excluding hydrogens is 466 g/mol. The SMILES string of the molecule is COC(=O)C1(C)CN(c2nc(Nc3cc4c(cc3OC)CCN(C)C4)ncc2Cl)c2ccccc21. The lowest BCUT2D eigenvalue weighted by atomic mass is 9.85. The standard InChI is InChI=1S/C26H28ClN5O3/c1-26(24(33)35-4)15-32(21-8-6-5-7-18(21)26)23-19(27)13-28-25(30-23)29-20-11-17-14-31(2)10-9-16(17)12-22(20)34-3/h5-8,11-13H,9-10,14-15H2,1-4H3,(H,28,29,30). The van der Waals surface area contributed by atoms with Crippen molar-refractivity contribution in [2.24, 2.45) is 0 Å². The van der Waals surface area contributed by atoms with Crippen molar-refractivity contribution in [3.05, 3.63) is 64.3 Å². The number of rotatable bonds is 5. The van der Waals surface area contributed by atoms with Crippen LogP contribution in [0.25, 0.3) is 0 Å². The van der Waals surface area contributed by atoms with E-state index in [9.17, 15) is 4.79 Å². The molecule has 0 fully saturated rings. The number of aromatic nitrogens is 2. The molecule has 3 aromatic rings. The molecule has 0 radical (unpaired) electrons. The molecule has 1 unspecified atom stereocenters. The van der Waals surface area contributed by atoms with Crippen molar-refractivity contribution in [1.29, 1.82) is 0 Å². The third-order valence-corrected chi connectivity index (χ3v) is 7.12. The van der Waals surface area contributed by atoms with Gasteiger partial charge in [0.2, 0.25) is 5.95 Å². The van der Waals surface area contributed by atoms with Crippen molar-refractivity contribution >= 4 is 40.7 Å². The first kappa shape index (κ1) is 23.4. The van der Waals surface area contributed by atoms with Gasteiger partial charge in [-0.1, -0.05) is 29.8 Å². The van der Waals surface area contributed by atoms with Crippen molar-refractivity contribution in [1.82, 2.24) is 14.9 Å². The molecule has 1 atom stereocenters. The lowest BCUT2D eigenvalue weighted by molar-refractivity contribution is -0.146. The molecule has 5 rings (SSSR count). The monoisotopic (exact) mass is 493 g/mol. The number of benzene rings is 2. The number of nitrogens with zero attached hydrogens (tertiary/aromatic N) is 4. The van der Waals surface area contributed by atoms with Gasteiger partial charge in [-0.15, -0.1) is 0 Å². The second-order valence-electron chi connectivity index (χ2n) is 9.23. The van der Waals surface area contributed by atoms with Crippen LogP contribution in [0, 0.1) is 0 Å². The molecular formula is C26H28ClN5O3. The molecule has 0 amide bonds. The fourth-order valence-corrected chi connectivity index (χ4v) is 5.17. The fraction of sp³-hybridized carbons (Fsp3) is 0.346. The first-order chi connectivity index (χ1) is 16.8. The van der Waals surface area contributed by atoms with E-state index in [4.69, 9.17) is 26.1 Å². The summed E-state index contributed by atoms with van der Waals surface area (Å²) in [5, 5.41) is 3.70. The van der Waals surface area contributed by atoms with Crippen molar-refractivity contribution in [2.75, 3.05) is 44.6 Å². The molecule has 1 N–H and O–H groups in total. The Kier molecular flexibility index (Phi) is 6.02. The van der Waals surface area contributed by atoms with E-state index in [1.54, 1.807) is 13.3 Å². The number of anilines is 4. The number of esters is 1. The Labute approximate surface area is 209 Å². The first-order valence-corrected chi connectivity index (χ1v) is 11.8. The third-order valence-electron chi connectivity index (χ3n) is 6.85. The minimum absolute atomic E-state index is 0.306. The summed E-state index contributed by atoms with van der Waals surface area (Å²) < 4.78 is 10.8. The summed E-state index contributed by atoms with van der Waals surface area (Å²) in [6.45, 7) is 4.12. The van der Waals surface area contributed by atoms with Crippen molar-refractivity contribution < 1.29 is 14.3 Å². The summed E-state index contributed by atoms with van der Waals surface area (Å²) in [5.74, 6) is 1.33. The van der Waals surface area contributed by atoms with Crippen LogP contribution in [-0.4, -0.2) is 55.2 Å². The number of hydrogen-bond donors (Lipinski definition) is 1. The number of methoxy groups -OCH3 is 2.